The second-order valence-electron chi connectivity index (χ2n) is 6.92. The molecule has 138 valence electrons. The van der Waals surface area contributed by atoms with Crippen LogP contribution in [0.5, 0.6) is 0 Å². The Hall–Kier alpha value is -1.98. The number of aryl methyl sites for hydroxylation is 4. The zero-order valence-electron chi connectivity index (χ0n) is 15.7. The number of anilines is 2. The molecule has 0 amide bonds. The minimum atomic E-state index is -1.05. The van der Waals surface area contributed by atoms with Gasteiger partial charge in [0.25, 0.3) is 0 Å². The van der Waals surface area contributed by atoms with Crippen LogP contribution in [0.4, 0.5) is 11.4 Å². The monoisotopic (exact) mass is 369 g/mol. The van der Waals surface area contributed by atoms with Crippen LogP contribution < -0.4 is 10.6 Å². The summed E-state index contributed by atoms with van der Waals surface area (Å²) < 4.78 is 12.4. The van der Waals surface area contributed by atoms with E-state index in [9.17, 15) is 4.55 Å². The first-order valence-electron chi connectivity index (χ1n) is 9.09. The molecular weight excluding hydrogens is 342 g/mol. The normalized spacial score (nSPS) is 15.1. The van der Waals surface area contributed by atoms with Crippen molar-refractivity contribution in [1.82, 2.24) is 5.32 Å². The van der Waals surface area contributed by atoms with Gasteiger partial charge in [-0.3, -0.25) is 5.41 Å². The predicted octanol–water partition coefficient (Wildman–Crippen LogP) is 3.71. The van der Waals surface area contributed by atoms with Gasteiger partial charge in [0.2, 0.25) is 0 Å². The van der Waals surface area contributed by atoms with E-state index in [1.54, 1.807) is 7.05 Å². The number of amidine groups is 1. The molecule has 0 fully saturated rings. The third kappa shape index (κ3) is 4.22. The van der Waals surface area contributed by atoms with Gasteiger partial charge in [-0.25, -0.2) is 0 Å². The number of benzene rings is 2. The van der Waals surface area contributed by atoms with Crippen molar-refractivity contribution in [3.05, 3.63) is 58.7 Å². The molecule has 3 rings (SSSR count). The van der Waals surface area contributed by atoms with Gasteiger partial charge in [0.1, 0.15) is 11.6 Å². The Kier molecular flexibility index (Phi) is 5.89. The maximum atomic E-state index is 12.4. The van der Waals surface area contributed by atoms with Gasteiger partial charge in [0.05, 0.1) is 0 Å². The van der Waals surface area contributed by atoms with Gasteiger partial charge >= 0.3 is 0 Å². The molecule has 2 unspecified atom stereocenters. The first kappa shape index (κ1) is 18.8. The quantitative estimate of drug-likeness (QED) is 0.427. The molecule has 2 atom stereocenters. The standard InChI is InChI=1S/C21H27N3OS/c1-14-4-6-17-8-9-18-7-5-16(13-20(18)24-19(17)12-14)10-11-26(25)15(2)21(22)23-3/h4-7,12-13,15,24H,8-11H2,1-3H3,(H2,22,23). The average molecular weight is 370 g/mol. The second-order valence-corrected chi connectivity index (χ2v) is 8.79. The van der Waals surface area contributed by atoms with Crippen LogP contribution in [0.2, 0.25) is 0 Å². The van der Waals surface area contributed by atoms with Crippen molar-refractivity contribution in [2.45, 2.75) is 38.4 Å². The zero-order valence-corrected chi connectivity index (χ0v) is 16.5. The number of nitrogens with one attached hydrogen (secondary N) is 3. The summed E-state index contributed by atoms with van der Waals surface area (Å²) in [5.41, 5.74) is 7.48. The van der Waals surface area contributed by atoms with E-state index in [1.807, 2.05) is 6.92 Å². The Morgan fingerprint density at radius 2 is 1.85 bits per heavy atom. The summed E-state index contributed by atoms with van der Waals surface area (Å²) in [6.45, 7) is 3.95. The molecule has 0 aliphatic carbocycles. The van der Waals surface area contributed by atoms with Crippen molar-refractivity contribution in [3.8, 4) is 0 Å². The molecule has 0 radical (unpaired) electrons. The van der Waals surface area contributed by atoms with E-state index in [0.717, 1.165) is 24.9 Å². The number of rotatable bonds is 5. The molecule has 0 spiro atoms. The molecule has 2 aromatic carbocycles. The van der Waals surface area contributed by atoms with E-state index in [4.69, 9.17) is 5.41 Å². The van der Waals surface area contributed by atoms with E-state index in [2.05, 4.69) is 54.0 Å². The van der Waals surface area contributed by atoms with Crippen LogP contribution >= 0.6 is 0 Å². The lowest BCUT2D eigenvalue weighted by molar-refractivity contribution is 0.590. The molecule has 2 aromatic rings. The molecule has 1 heterocycles. The zero-order chi connectivity index (χ0) is 18.7. The Balaban J connectivity index is 1.72. The van der Waals surface area contributed by atoms with Gasteiger partial charge < -0.3 is 15.2 Å². The van der Waals surface area contributed by atoms with E-state index >= 15 is 0 Å². The summed E-state index contributed by atoms with van der Waals surface area (Å²) in [5.74, 6) is 0.901. The summed E-state index contributed by atoms with van der Waals surface area (Å²) >= 11 is -1.05. The van der Waals surface area contributed by atoms with Crippen molar-refractivity contribution in [2.75, 3.05) is 18.1 Å². The molecule has 0 aromatic heterocycles. The SMILES string of the molecule is CNC(=N)C(C)[S+]([O-])CCc1ccc2c(c1)Nc1cc(C)ccc1CC2. The average Bonchev–Trinajstić information content (AvgIpc) is 2.82. The van der Waals surface area contributed by atoms with Crippen LogP contribution in [0.1, 0.15) is 29.2 Å². The molecule has 0 saturated carbocycles. The highest BCUT2D eigenvalue weighted by Gasteiger charge is 2.21. The summed E-state index contributed by atoms with van der Waals surface area (Å²) in [6.07, 6.45) is 2.83. The largest absolute Gasteiger partial charge is 0.616 e. The van der Waals surface area contributed by atoms with Crippen LogP contribution in [0, 0.1) is 12.3 Å². The number of hydrogen-bond donors (Lipinski definition) is 3. The van der Waals surface area contributed by atoms with Crippen LogP contribution in [-0.2, 0) is 30.4 Å². The van der Waals surface area contributed by atoms with Crippen LogP contribution in [0.3, 0.4) is 0 Å². The van der Waals surface area contributed by atoms with Crippen molar-refractivity contribution >= 4 is 28.4 Å². The molecule has 0 bridgehead atoms. The molecule has 5 heteroatoms. The highest BCUT2D eigenvalue weighted by molar-refractivity contribution is 7.92. The molecule has 26 heavy (non-hydrogen) atoms. The third-order valence-electron chi connectivity index (χ3n) is 5.03. The van der Waals surface area contributed by atoms with Crippen LogP contribution in [-0.4, -0.2) is 28.4 Å². The number of fused-ring (bicyclic) bond motifs is 2. The Morgan fingerprint density at radius 1 is 1.19 bits per heavy atom. The fourth-order valence-corrected chi connectivity index (χ4v) is 4.45. The summed E-state index contributed by atoms with van der Waals surface area (Å²) in [7, 11) is 1.70. The minimum absolute atomic E-state index is 0.256. The summed E-state index contributed by atoms with van der Waals surface area (Å²) in [6, 6.07) is 13.1. The van der Waals surface area contributed by atoms with Crippen molar-refractivity contribution < 1.29 is 4.55 Å². The predicted molar refractivity (Wildman–Crippen MR) is 111 cm³/mol. The van der Waals surface area contributed by atoms with Gasteiger partial charge in [-0.2, -0.15) is 0 Å². The number of hydrogen-bond acceptors (Lipinski definition) is 3. The van der Waals surface area contributed by atoms with Crippen LogP contribution in [0.25, 0.3) is 0 Å². The van der Waals surface area contributed by atoms with Crippen LogP contribution in [0.15, 0.2) is 36.4 Å². The van der Waals surface area contributed by atoms with E-state index < -0.39 is 11.2 Å². The van der Waals surface area contributed by atoms with Gasteiger partial charge in [-0.1, -0.05) is 24.3 Å². The summed E-state index contributed by atoms with van der Waals surface area (Å²) in [4.78, 5) is 0. The van der Waals surface area contributed by atoms with Gasteiger partial charge in [-0.15, -0.1) is 0 Å². The maximum Gasteiger partial charge on any atom is 0.168 e. The third-order valence-corrected chi connectivity index (χ3v) is 6.67. The lowest BCUT2D eigenvalue weighted by atomic mass is 10.0. The summed E-state index contributed by atoms with van der Waals surface area (Å²) in [5, 5.41) is 13.9. The lowest BCUT2D eigenvalue weighted by Crippen LogP contribution is -2.36. The molecule has 4 nitrogen and oxygen atoms in total. The first-order valence-corrected chi connectivity index (χ1v) is 10.5. The molecule has 0 saturated heterocycles. The van der Waals surface area contributed by atoms with E-state index in [0.29, 0.717) is 11.6 Å². The van der Waals surface area contributed by atoms with Crippen molar-refractivity contribution in [2.24, 2.45) is 0 Å². The molecule has 1 aliphatic rings. The fraction of sp³-hybridized carbons (Fsp3) is 0.381. The van der Waals surface area contributed by atoms with Gasteiger partial charge in [-0.05, 0) is 72.3 Å². The second kappa shape index (κ2) is 8.14. The Labute approximate surface area is 159 Å². The van der Waals surface area contributed by atoms with E-state index in [-0.39, 0.29) is 5.25 Å². The Morgan fingerprint density at radius 3 is 2.54 bits per heavy atom. The molecule has 3 N–H and O–H groups in total. The highest BCUT2D eigenvalue weighted by atomic mass is 32.2. The molecule has 1 aliphatic heterocycles. The minimum Gasteiger partial charge on any atom is -0.616 e. The van der Waals surface area contributed by atoms with Crippen molar-refractivity contribution in [3.63, 3.8) is 0 Å². The fourth-order valence-electron chi connectivity index (χ4n) is 3.28. The van der Waals surface area contributed by atoms with Gasteiger partial charge in [0.15, 0.2) is 5.25 Å². The smallest absolute Gasteiger partial charge is 0.168 e. The topological polar surface area (TPSA) is 71.0 Å². The van der Waals surface area contributed by atoms with E-state index in [1.165, 1.54) is 27.9 Å². The van der Waals surface area contributed by atoms with Crippen molar-refractivity contribution in [1.29, 1.82) is 5.41 Å². The highest BCUT2D eigenvalue weighted by Crippen LogP contribution is 2.31. The Bertz CT molecular complexity index is 806. The maximum absolute atomic E-state index is 12.4. The first-order chi connectivity index (χ1) is 12.5. The lowest BCUT2D eigenvalue weighted by Gasteiger charge is -2.19. The molecular formula is C21H27N3OS. The van der Waals surface area contributed by atoms with Gasteiger partial charge in [0, 0.05) is 24.8 Å².